The maximum absolute atomic E-state index is 11.3. The summed E-state index contributed by atoms with van der Waals surface area (Å²) < 4.78 is 11.5. The van der Waals surface area contributed by atoms with E-state index in [1.807, 2.05) is 51.0 Å². The summed E-state index contributed by atoms with van der Waals surface area (Å²) in [4.78, 5) is 18.2. The van der Waals surface area contributed by atoms with Crippen molar-refractivity contribution >= 4 is 17.3 Å². The molecule has 0 fully saturated rings. The zero-order valence-electron chi connectivity index (χ0n) is 15.0. The van der Waals surface area contributed by atoms with Crippen LogP contribution in [0.1, 0.15) is 29.2 Å². The smallest absolute Gasteiger partial charge is 0.347 e. The molecule has 25 heavy (non-hydrogen) atoms. The van der Waals surface area contributed by atoms with E-state index < -0.39 is 5.97 Å². The van der Waals surface area contributed by atoms with Crippen LogP contribution in [0.15, 0.2) is 18.2 Å². The van der Waals surface area contributed by atoms with Gasteiger partial charge in [0.15, 0.2) is 11.5 Å². The van der Waals surface area contributed by atoms with Crippen LogP contribution in [0.5, 0.6) is 11.5 Å². The maximum atomic E-state index is 11.3. The monoisotopic (exact) mass is 364 g/mol. The third-order valence-corrected chi connectivity index (χ3v) is 4.65. The van der Waals surface area contributed by atoms with Crippen molar-refractivity contribution in [2.24, 2.45) is 0 Å². The lowest BCUT2D eigenvalue weighted by Gasteiger charge is -2.14. The second kappa shape index (κ2) is 8.82. The Balaban J connectivity index is 2.30. The van der Waals surface area contributed by atoms with Crippen LogP contribution in [0.3, 0.4) is 0 Å². The first-order valence-electron chi connectivity index (χ1n) is 8.24. The third kappa shape index (κ3) is 4.93. The molecule has 0 saturated carbocycles. The van der Waals surface area contributed by atoms with Gasteiger partial charge >= 0.3 is 5.97 Å². The molecule has 2 rings (SSSR count). The molecule has 0 aliphatic rings. The Morgan fingerprint density at radius 1 is 1.24 bits per heavy atom. The molecule has 1 heterocycles. The molecule has 0 saturated heterocycles. The number of carboxylic acids is 1. The lowest BCUT2D eigenvalue weighted by molar-refractivity contribution is 0.0701. The Hall–Kier alpha value is -2.12. The quantitative estimate of drug-likeness (QED) is 0.735. The van der Waals surface area contributed by atoms with Gasteiger partial charge in [0.1, 0.15) is 16.5 Å². The number of hydrogen-bond donors (Lipinski definition) is 1. The van der Waals surface area contributed by atoms with Crippen LogP contribution in [-0.2, 0) is 6.42 Å². The van der Waals surface area contributed by atoms with Gasteiger partial charge in [-0.15, -0.1) is 11.3 Å². The van der Waals surface area contributed by atoms with Gasteiger partial charge in [0.05, 0.1) is 12.3 Å². The molecule has 2 aromatic rings. The lowest BCUT2D eigenvalue weighted by atomic mass is 10.2. The zero-order valence-corrected chi connectivity index (χ0v) is 15.9. The van der Waals surface area contributed by atoms with Gasteiger partial charge in [-0.1, -0.05) is 6.92 Å². The van der Waals surface area contributed by atoms with E-state index in [-0.39, 0.29) is 0 Å². The molecular formula is C18H24N2O4S. The molecule has 0 atom stereocenters. The number of aromatic nitrogens is 1. The van der Waals surface area contributed by atoms with Crippen molar-refractivity contribution in [3.8, 4) is 22.1 Å². The van der Waals surface area contributed by atoms with Crippen LogP contribution in [-0.4, -0.2) is 54.8 Å². The highest BCUT2D eigenvalue weighted by Crippen LogP contribution is 2.35. The summed E-state index contributed by atoms with van der Waals surface area (Å²) in [6, 6.07) is 5.60. The summed E-state index contributed by atoms with van der Waals surface area (Å²) in [6.45, 7) is 5.70. The van der Waals surface area contributed by atoms with Crippen molar-refractivity contribution in [1.29, 1.82) is 0 Å². The Morgan fingerprint density at radius 3 is 2.56 bits per heavy atom. The molecule has 0 bridgehead atoms. The van der Waals surface area contributed by atoms with Crippen LogP contribution in [0.2, 0.25) is 0 Å². The van der Waals surface area contributed by atoms with E-state index in [9.17, 15) is 9.90 Å². The van der Waals surface area contributed by atoms with Gasteiger partial charge in [-0.2, -0.15) is 0 Å². The molecule has 0 amide bonds. The average molecular weight is 364 g/mol. The Bertz CT molecular complexity index is 728. The molecule has 0 radical (unpaired) electrons. The standard InChI is InChI=1S/C18H24N2O4S/c1-5-13-16(18(21)22)25-17(19-13)12-7-8-14(15(11-12)23-6-2)24-10-9-20(3)4/h7-8,11H,5-6,9-10H2,1-4H3,(H,21,22). The van der Waals surface area contributed by atoms with Crippen LogP contribution >= 0.6 is 11.3 Å². The number of carbonyl (C=O) groups is 1. The topological polar surface area (TPSA) is 71.9 Å². The Morgan fingerprint density at radius 2 is 2.00 bits per heavy atom. The first-order valence-corrected chi connectivity index (χ1v) is 9.05. The van der Waals surface area contributed by atoms with E-state index in [0.29, 0.717) is 46.7 Å². The highest BCUT2D eigenvalue weighted by atomic mass is 32.1. The third-order valence-electron chi connectivity index (χ3n) is 3.51. The van der Waals surface area contributed by atoms with Crippen molar-refractivity contribution < 1.29 is 19.4 Å². The molecule has 0 aliphatic carbocycles. The minimum absolute atomic E-state index is 0.293. The van der Waals surface area contributed by atoms with Crippen molar-refractivity contribution in [2.45, 2.75) is 20.3 Å². The van der Waals surface area contributed by atoms with E-state index >= 15 is 0 Å². The number of aromatic carboxylic acids is 1. The molecule has 0 unspecified atom stereocenters. The molecule has 7 heteroatoms. The summed E-state index contributed by atoms with van der Waals surface area (Å²) in [6.07, 6.45) is 0.585. The van der Waals surface area contributed by atoms with Gasteiger partial charge in [0.2, 0.25) is 0 Å². The number of aryl methyl sites for hydroxylation is 1. The van der Waals surface area contributed by atoms with Gasteiger partial charge in [-0.3, -0.25) is 0 Å². The molecule has 1 N–H and O–H groups in total. The molecule has 136 valence electrons. The lowest BCUT2D eigenvalue weighted by Crippen LogP contribution is -2.19. The number of rotatable bonds is 9. The summed E-state index contributed by atoms with van der Waals surface area (Å²) in [5, 5.41) is 9.98. The van der Waals surface area contributed by atoms with E-state index in [1.165, 1.54) is 11.3 Å². The van der Waals surface area contributed by atoms with Crippen molar-refractivity contribution in [2.75, 3.05) is 33.9 Å². The maximum Gasteiger partial charge on any atom is 0.347 e. The molecule has 1 aromatic carbocycles. The highest BCUT2D eigenvalue weighted by molar-refractivity contribution is 7.17. The van der Waals surface area contributed by atoms with Gasteiger partial charge in [0.25, 0.3) is 0 Å². The van der Waals surface area contributed by atoms with Gasteiger partial charge < -0.3 is 19.5 Å². The molecule has 1 aromatic heterocycles. The number of thiazole rings is 1. The summed E-state index contributed by atoms with van der Waals surface area (Å²) in [7, 11) is 3.98. The first kappa shape index (κ1) is 19.2. The number of hydrogen-bond acceptors (Lipinski definition) is 6. The summed E-state index contributed by atoms with van der Waals surface area (Å²) in [5.74, 6) is 0.385. The molecular weight excluding hydrogens is 340 g/mol. The second-order valence-corrected chi connectivity index (χ2v) is 6.70. The normalized spacial score (nSPS) is 10.9. The van der Waals surface area contributed by atoms with Gasteiger partial charge in [-0.25, -0.2) is 9.78 Å². The zero-order chi connectivity index (χ0) is 18.4. The summed E-state index contributed by atoms with van der Waals surface area (Å²) >= 11 is 1.19. The van der Waals surface area contributed by atoms with Crippen LogP contribution in [0, 0.1) is 0 Å². The van der Waals surface area contributed by atoms with Crippen molar-refractivity contribution in [3.63, 3.8) is 0 Å². The van der Waals surface area contributed by atoms with Crippen LogP contribution in [0.4, 0.5) is 0 Å². The largest absolute Gasteiger partial charge is 0.490 e. The Labute approximate surface area is 152 Å². The number of ether oxygens (including phenoxy) is 2. The number of carboxylic acid groups (broad SMARTS) is 1. The Kier molecular flexibility index (Phi) is 6.78. The minimum atomic E-state index is -0.936. The minimum Gasteiger partial charge on any atom is -0.490 e. The SMILES string of the molecule is CCOc1cc(-c2nc(CC)c(C(=O)O)s2)ccc1OCCN(C)C. The summed E-state index contributed by atoms with van der Waals surface area (Å²) in [5.41, 5.74) is 1.44. The number of likely N-dealkylation sites (N-methyl/N-ethyl adjacent to an activating group) is 1. The number of benzene rings is 1. The van der Waals surface area contributed by atoms with E-state index in [0.717, 1.165) is 12.1 Å². The van der Waals surface area contributed by atoms with Crippen LogP contribution in [0.25, 0.3) is 10.6 Å². The van der Waals surface area contributed by atoms with E-state index in [1.54, 1.807) is 0 Å². The second-order valence-electron chi connectivity index (χ2n) is 5.70. The average Bonchev–Trinajstić information content (AvgIpc) is 3.00. The highest BCUT2D eigenvalue weighted by Gasteiger charge is 2.18. The fourth-order valence-electron chi connectivity index (χ4n) is 2.25. The van der Waals surface area contributed by atoms with E-state index in [2.05, 4.69) is 4.98 Å². The van der Waals surface area contributed by atoms with Crippen molar-refractivity contribution in [1.82, 2.24) is 9.88 Å². The predicted molar refractivity (Wildman–Crippen MR) is 99.1 cm³/mol. The molecule has 6 nitrogen and oxygen atoms in total. The van der Waals surface area contributed by atoms with Gasteiger partial charge in [0, 0.05) is 12.1 Å². The van der Waals surface area contributed by atoms with E-state index in [4.69, 9.17) is 9.47 Å². The van der Waals surface area contributed by atoms with Crippen LogP contribution < -0.4 is 9.47 Å². The van der Waals surface area contributed by atoms with Gasteiger partial charge in [-0.05, 0) is 45.6 Å². The fraction of sp³-hybridized carbons (Fsp3) is 0.444. The number of nitrogens with zero attached hydrogens (tertiary/aromatic N) is 2. The van der Waals surface area contributed by atoms with Crippen molar-refractivity contribution in [3.05, 3.63) is 28.8 Å². The fourth-order valence-corrected chi connectivity index (χ4v) is 3.24. The molecule has 0 aliphatic heterocycles. The first-order chi connectivity index (χ1) is 12.0. The molecule has 0 spiro atoms. The predicted octanol–water partition coefficient (Wildman–Crippen LogP) is 3.41.